The van der Waals surface area contributed by atoms with Crippen molar-refractivity contribution in [1.82, 2.24) is 19.8 Å². The Morgan fingerprint density at radius 2 is 1.61 bits per heavy atom. The third-order valence-corrected chi connectivity index (χ3v) is 9.09. The molecule has 0 saturated carbocycles. The topological polar surface area (TPSA) is 90.7 Å². The Hall–Kier alpha value is -3.04. The fraction of sp³-hybridized carbons (Fsp3) is 0.556. The maximum atomic E-state index is 11.3. The Balaban J connectivity index is 1.84. The number of nitrogens with one attached hydrogen (secondary N) is 1. The van der Waals surface area contributed by atoms with Gasteiger partial charge in [-0.05, 0) is 62.1 Å². The summed E-state index contributed by atoms with van der Waals surface area (Å²) in [5, 5.41) is 22.5. The Bertz CT molecular complexity index is 1320. The highest BCUT2D eigenvalue weighted by Gasteiger charge is 2.34. The zero-order valence-corrected chi connectivity index (χ0v) is 27.7. The second-order valence-electron chi connectivity index (χ2n) is 12.5. The van der Waals surface area contributed by atoms with Gasteiger partial charge in [0, 0.05) is 42.4 Å². The van der Waals surface area contributed by atoms with Crippen molar-refractivity contribution in [2.75, 3.05) is 12.0 Å². The van der Waals surface area contributed by atoms with E-state index >= 15 is 0 Å². The molecule has 240 valence electrons. The first-order valence-electron chi connectivity index (χ1n) is 16.8. The van der Waals surface area contributed by atoms with Crippen molar-refractivity contribution in [2.24, 2.45) is 5.92 Å². The summed E-state index contributed by atoms with van der Waals surface area (Å²) in [7, 11) is 0. The van der Waals surface area contributed by atoms with E-state index < -0.39 is 4.92 Å². The van der Waals surface area contributed by atoms with E-state index in [9.17, 15) is 10.4 Å². The van der Waals surface area contributed by atoms with E-state index in [0.717, 1.165) is 41.5 Å². The van der Waals surface area contributed by atoms with Crippen LogP contribution in [0, 0.1) is 19.8 Å². The number of anilines is 1. The second kappa shape index (κ2) is 15.8. The number of quaternary nitrogens is 1. The second-order valence-corrected chi connectivity index (χ2v) is 12.5. The molecule has 0 saturated heterocycles. The van der Waals surface area contributed by atoms with Gasteiger partial charge >= 0.3 is 0 Å². The summed E-state index contributed by atoms with van der Waals surface area (Å²) in [6.45, 7) is 14.4. The summed E-state index contributed by atoms with van der Waals surface area (Å²) >= 11 is 0. The first-order valence-corrected chi connectivity index (χ1v) is 16.8. The molecule has 1 aromatic heterocycles. The van der Waals surface area contributed by atoms with Crippen molar-refractivity contribution in [2.45, 2.75) is 118 Å². The molecule has 8 nitrogen and oxygen atoms in total. The van der Waals surface area contributed by atoms with Gasteiger partial charge in [-0.15, -0.1) is 15.8 Å². The molecule has 2 heterocycles. The Labute approximate surface area is 264 Å². The van der Waals surface area contributed by atoms with Crippen molar-refractivity contribution in [3.05, 3.63) is 65.2 Å². The molecule has 2 aromatic carbocycles. The lowest BCUT2D eigenvalue weighted by Crippen LogP contribution is -2.49. The maximum absolute atomic E-state index is 11.3. The van der Waals surface area contributed by atoms with Crippen molar-refractivity contribution in [3.63, 3.8) is 0 Å². The van der Waals surface area contributed by atoms with Crippen LogP contribution in [0.1, 0.15) is 102 Å². The van der Waals surface area contributed by atoms with Gasteiger partial charge in [-0.1, -0.05) is 90.1 Å². The standard InChI is InChI=1S/C36H54N5O3/c1-7-11-19-29(20-12-8-2)33(10-4)40-24-28-18-14-21-31(22-28)41(42,43)39-36-37-32(35-26(5)16-13-17-27(35)6)23-34(38-36)44-25-30(40)15-9-3/h13-14,16-18,21-23,29-30,33,42-43H,7-12,15,19-20,24-25H2,1-6H3,(H,37,38,39)/q+1. The summed E-state index contributed by atoms with van der Waals surface area (Å²) in [4.78, 5) is 10.4. The van der Waals surface area contributed by atoms with Gasteiger partial charge in [-0.25, -0.2) is 4.98 Å². The molecular formula is C36H54N5O3+. The molecule has 0 amide bonds. The van der Waals surface area contributed by atoms with Gasteiger partial charge in [0.15, 0.2) is 0 Å². The molecular weight excluding hydrogens is 550 g/mol. The minimum atomic E-state index is -1.57. The molecule has 8 heteroatoms. The van der Waals surface area contributed by atoms with Gasteiger partial charge < -0.3 is 4.74 Å². The SMILES string of the molecule is CCCCC(CCCC)C(CC)N1Cc2cccc(c2)[N+](O)(O)Nc2nc(cc(-c3c(C)cccc3C)n2)OCC1CCC. The minimum absolute atomic E-state index is 0.0735. The van der Waals surface area contributed by atoms with E-state index in [1.165, 1.54) is 38.5 Å². The van der Waals surface area contributed by atoms with E-state index in [1.807, 2.05) is 24.3 Å². The average Bonchev–Trinajstić information content (AvgIpc) is 2.99. The Kier molecular flexibility index (Phi) is 12.2. The summed E-state index contributed by atoms with van der Waals surface area (Å²) in [5.41, 5.74) is 7.86. The molecule has 0 spiro atoms. The lowest BCUT2D eigenvalue weighted by molar-refractivity contribution is -0.273. The number of hydrogen-bond donors (Lipinski definition) is 3. The van der Waals surface area contributed by atoms with Gasteiger partial charge in [0.1, 0.15) is 6.61 Å². The molecule has 3 N–H and O–H groups in total. The summed E-state index contributed by atoms with van der Waals surface area (Å²) < 4.78 is 6.56. The van der Waals surface area contributed by atoms with Crippen molar-refractivity contribution >= 4 is 11.6 Å². The predicted octanol–water partition coefficient (Wildman–Crippen LogP) is 9.01. The smallest absolute Gasteiger partial charge is 0.279 e. The summed E-state index contributed by atoms with van der Waals surface area (Å²) in [6.07, 6.45) is 10.4. The largest absolute Gasteiger partial charge is 0.476 e. The van der Waals surface area contributed by atoms with Gasteiger partial charge in [0.05, 0.1) is 10.6 Å². The summed E-state index contributed by atoms with van der Waals surface area (Å²) in [6, 6.07) is 16.1. The van der Waals surface area contributed by atoms with Gasteiger partial charge in [0.25, 0.3) is 5.95 Å². The number of unbranched alkanes of at least 4 members (excludes halogenated alkanes) is 2. The van der Waals surface area contributed by atoms with Crippen LogP contribution in [0.15, 0.2) is 48.5 Å². The van der Waals surface area contributed by atoms with E-state index in [0.29, 0.717) is 42.4 Å². The fourth-order valence-electron chi connectivity index (χ4n) is 6.84. The molecule has 2 atom stereocenters. The number of fused-ring (bicyclic) bond motifs is 4. The molecule has 2 unspecified atom stereocenters. The van der Waals surface area contributed by atoms with Crippen LogP contribution in [0.2, 0.25) is 0 Å². The Morgan fingerprint density at radius 1 is 0.932 bits per heavy atom. The first kappa shape index (κ1) is 33.8. The number of aryl methyl sites for hydroxylation is 2. The number of benzene rings is 2. The van der Waals surface area contributed by atoms with E-state index in [1.54, 1.807) is 6.07 Å². The third-order valence-electron chi connectivity index (χ3n) is 9.09. The van der Waals surface area contributed by atoms with Crippen molar-refractivity contribution in [3.8, 4) is 17.1 Å². The predicted molar refractivity (Wildman–Crippen MR) is 179 cm³/mol. The normalized spacial score (nSPS) is 17.6. The number of aromatic nitrogens is 2. The highest BCUT2D eigenvalue weighted by atomic mass is 16.9. The van der Waals surface area contributed by atoms with Gasteiger partial charge in [-0.2, -0.15) is 4.98 Å². The van der Waals surface area contributed by atoms with E-state index in [4.69, 9.17) is 9.72 Å². The van der Waals surface area contributed by atoms with Crippen LogP contribution < -0.4 is 15.1 Å². The molecule has 44 heavy (non-hydrogen) atoms. The quantitative estimate of drug-likeness (QED) is 0.178. The highest BCUT2D eigenvalue weighted by molar-refractivity contribution is 5.69. The lowest BCUT2D eigenvalue weighted by Gasteiger charge is -2.42. The van der Waals surface area contributed by atoms with Crippen LogP contribution in [0.4, 0.5) is 11.6 Å². The molecule has 3 aromatic rings. The van der Waals surface area contributed by atoms with E-state index in [-0.39, 0.29) is 12.0 Å². The van der Waals surface area contributed by atoms with Gasteiger partial charge in [-0.3, -0.25) is 4.90 Å². The number of ether oxygens (including phenoxy) is 1. The molecule has 1 aliphatic rings. The molecule has 4 bridgehead atoms. The zero-order chi connectivity index (χ0) is 31.7. The van der Waals surface area contributed by atoms with Crippen LogP contribution >= 0.6 is 0 Å². The monoisotopic (exact) mass is 604 g/mol. The highest BCUT2D eigenvalue weighted by Crippen LogP contribution is 2.33. The average molecular weight is 605 g/mol. The van der Waals surface area contributed by atoms with Crippen LogP contribution in [0.5, 0.6) is 5.88 Å². The molecule has 0 radical (unpaired) electrons. The minimum Gasteiger partial charge on any atom is -0.476 e. The molecule has 4 rings (SSSR count). The van der Waals surface area contributed by atoms with Crippen LogP contribution in [0.25, 0.3) is 11.3 Å². The molecule has 0 fully saturated rings. The molecule has 0 aliphatic carbocycles. The molecule has 1 aliphatic heterocycles. The van der Waals surface area contributed by atoms with E-state index in [2.05, 4.69) is 75.1 Å². The van der Waals surface area contributed by atoms with Gasteiger partial charge in [0.2, 0.25) is 11.6 Å². The fourth-order valence-corrected chi connectivity index (χ4v) is 6.84. The zero-order valence-electron chi connectivity index (χ0n) is 27.7. The van der Waals surface area contributed by atoms with Crippen LogP contribution in [-0.4, -0.2) is 44.0 Å². The third kappa shape index (κ3) is 8.36. The number of rotatable bonds is 12. The maximum Gasteiger partial charge on any atom is 0.279 e. The van der Waals surface area contributed by atoms with Crippen LogP contribution in [0.3, 0.4) is 0 Å². The van der Waals surface area contributed by atoms with Crippen molar-refractivity contribution < 1.29 is 15.2 Å². The first-order chi connectivity index (χ1) is 21.2. The van der Waals surface area contributed by atoms with Crippen molar-refractivity contribution in [1.29, 1.82) is 0 Å². The number of nitrogens with zero attached hydrogens (tertiary/aromatic N) is 4. The Morgan fingerprint density at radius 3 is 2.25 bits per heavy atom. The van der Waals surface area contributed by atoms with Crippen LogP contribution in [-0.2, 0) is 6.54 Å². The lowest BCUT2D eigenvalue weighted by atomic mass is 9.85. The summed E-state index contributed by atoms with van der Waals surface area (Å²) in [5.74, 6) is 1.07. The number of hydrogen-bond acceptors (Lipinski definition) is 7.